The van der Waals surface area contributed by atoms with Crippen molar-refractivity contribution in [2.75, 3.05) is 39.3 Å². The normalized spacial score (nSPS) is 19.9. The molecular weight excluding hydrogens is 394 g/mol. The molecule has 1 unspecified atom stereocenters. The highest BCUT2D eigenvalue weighted by atomic mass is 16.5. The first-order valence-corrected chi connectivity index (χ1v) is 10.5. The van der Waals surface area contributed by atoms with E-state index in [-0.39, 0.29) is 17.8 Å². The molecule has 0 bridgehead atoms. The van der Waals surface area contributed by atoms with Crippen molar-refractivity contribution in [2.45, 2.75) is 18.9 Å². The number of hydrogen-bond acceptors (Lipinski definition) is 5. The number of amides is 1. The lowest BCUT2D eigenvalue weighted by Crippen LogP contribution is -2.50. The molecule has 0 aliphatic carbocycles. The Balaban J connectivity index is 1.15. The topological polar surface area (TPSA) is 63.4 Å². The van der Waals surface area contributed by atoms with E-state index < -0.39 is 0 Å². The van der Waals surface area contributed by atoms with Crippen molar-refractivity contribution in [3.8, 4) is 5.75 Å². The standard InChI is InChI=1S/C24H23N3O4/c1-25-21-4-2-3-19-18(15-30-23(19)21)13-26-7-9-27(10-8-26)22(28)12-16-5-6-20-17(11-16)14-31-24(20)29/h2-6,11,18H,7-10,12-15H2. The largest absolute Gasteiger partial charge is 0.504 e. The number of cyclic esters (lactones) is 1. The third kappa shape index (κ3) is 3.75. The van der Waals surface area contributed by atoms with Crippen LogP contribution in [-0.4, -0.2) is 61.0 Å². The molecule has 5 rings (SSSR count). The molecule has 1 atom stereocenters. The third-order valence-corrected chi connectivity index (χ3v) is 6.32. The number of ether oxygens (including phenoxy) is 2. The second-order valence-electron chi connectivity index (χ2n) is 8.24. The van der Waals surface area contributed by atoms with Gasteiger partial charge in [0.2, 0.25) is 11.6 Å². The maximum absolute atomic E-state index is 12.8. The predicted molar refractivity (Wildman–Crippen MR) is 113 cm³/mol. The number of rotatable bonds is 4. The maximum Gasteiger partial charge on any atom is 0.338 e. The molecule has 3 heterocycles. The molecule has 31 heavy (non-hydrogen) atoms. The monoisotopic (exact) mass is 417 g/mol. The van der Waals surface area contributed by atoms with Gasteiger partial charge in [0.25, 0.3) is 0 Å². The predicted octanol–water partition coefficient (Wildman–Crippen LogP) is 2.77. The lowest BCUT2D eigenvalue weighted by atomic mass is 9.99. The van der Waals surface area contributed by atoms with Crippen LogP contribution < -0.4 is 4.74 Å². The third-order valence-electron chi connectivity index (χ3n) is 6.32. The highest BCUT2D eigenvalue weighted by Gasteiger charge is 2.30. The van der Waals surface area contributed by atoms with Crippen LogP contribution in [0.2, 0.25) is 0 Å². The van der Waals surface area contributed by atoms with Gasteiger partial charge in [-0.15, -0.1) is 0 Å². The molecule has 7 nitrogen and oxygen atoms in total. The van der Waals surface area contributed by atoms with Gasteiger partial charge in [-0.25, -0.2) is 9.64 Å². The van der Waals surface area contributed by atoms with Crippen molar-refractivity contribution in [1.29, 1.82) is 0 Å². The van der Waals surface area contributed by atoms with E-state index in [4.69, 9.17) is 16.0 Å². The molecule has 2 aromatic carbocycles. The summed E-state index contributed by atoms with van der Waals surface area (Å²) in [6, 6.07) is 11.3. The van der Waals surface area contributed by atoms with Gasteiger partial charge in [0.15, 0.2) is 0 Å². The number of carbonyl (C=O) groups is 2. The van der Waals surface area contributed by atoms with Crippen LogP contribution in [-0.2, 0) is 22.6 Å². The molecule has 158 valence electrons. The van der Waals surface area contributed by atoms with Crippen LogP contribution in [0.1, 0.15) is 33.0 Å². The summed E-state index contributed by atoms with van der Waals surface area (Å²) >= 11 is 0. The molecule has 2 aromatic rings. The summed E-state index contributed by atoms with van der Waals surface area (Å²) in [6.07, 6.45) is 0.338. The first-order chi connectivity index (χ1) is 15.1. The molecule has 3 aliphatic rings. The molecule has 7 heteroatoms. The van der Waals surface area contributed by atoms with Crippen LogP contribution in [0.3, 0.4) is 0 Å². The van der Waals surface area contributed by atoms with Crippen molar-refractivity contribution in [3.05, 3.63) is 70.1 Å². The summed E-state index contributed by atoms with van der Waals surface area (Å²) in [4.78, 5) is 32.2. The second kappa shape index (κ2) is 8.05. The summed E-state index contributed by atoms with van der Waals surface area (Å²) in [6.45, 7) is 12.1. The fourth-order valence-electron chi connectivity index (χ4n) is 4.61. The van der Waals surface area contributed by atoms with E-state index in [0.29, 0.717) is 44.0 Å². The summed E-state index contributed by atoms with van der Waals surface area (Å²) in [5.41, 5.74) is 4.08. The molecule has 0 N–H and O–H groups in total. The zero-order valence-corrected chi connectivity index (χ0v) is 17.2. The van der Waals surface area contributed by atoms with Gasteiger partial charge >= 0.3 is 5.97 Å². The molecule has 0 spiro atoms. The van der Waals surface area contributed by atoms with E-state index in [1.54, 1.807) is 12.1 Å². The zero-order valence-electron chi connectivity index (χ0n) is 17.2. The van der Waals surface area contributed by atoms with Gasteiger partial charge in [-0.2, -0.15) is 0 Å². The molecule has 0 radical (unpaired) electrons. The lowest BCUT2D eigenvalue weighted by molar-refractivity contribution is -0.132. The average molecular weight is 417 g/mol. The Bertz CT molecular complexity index is 1080. The van der Waals surface area contributed by atoms with Crippen molar-refractivity contribution < 1.29 is 19.1 Å². The second-order valence-corrected chi connectivity index (χ2v) is 8.24. The van der Waals surface area contributed by atoms with Crippen molar-refractivity contribution in [3.63, 3.8) is 0 Å². The van der Waals surface area contributed by atoms with Gasteiger partial charge < -0.3 is 14.4 Å². The Labute approximate surface area is 181 Å². The van der Waals surface area contributed by atoms with E-state index in [9.17, 15) is 9.59 Å². The van der Waals surface area contributed by atoms with Crippen molar-refractivity contribution in [1.82, 2.24) is 9.80 Å². The van der Waals surface area contributed by atoms with Crippen molar-refractivity contribution in [2.24, 2.45) is 0 Å². The number of esters is 1. The van der Waals surface area contributed by atoms with Gasteiger partial charge in [0.05, 0.1) is 25.2 Å². The quantitative estimate of drug-likeness (QED) is 0.566. The SMILES string of the molecule is [C-]#[N+]c1cccc2c1OCC2CN1CCN(C(=O)Cc2ccc3c(c2)COC3=O)CC1. The fraction of sp³-hybridized carbons (Fsp3) is 0.375. The Kier molecular flexibility index (Phi) is 5.08. The van der Waals surface area contributed by atoms with E-state index in [1.807, 2.05) is 23.1 Å². The number of piperazine rings is 1. The summed E-state index contributed by atoms with van der Waals surface area (Å²) in [7, 11) is 0. The van der Waals surface area contributed by atoms with Crippen molar-refractivity contribution >= 4 is 17.6 Å². The summed E-state index contributed by atoms with van der Waals surface area (Å²) < 4.78 is 10.8. The Morgan fingerprint density at radius 1 is 1.13 bits per heavy atom. The highest BCUT2D eigenvalue weighted by Crippen LogP contribution is 2.41. The van der Waals surface area contributed by atoms with Crippen LogP contribution in [0.4, 0.5) is 5.69 Å². The number of fused-ring (bicyclic) bond motifs is 2. The molecule has 0 aromatic heterocycles. The Morgan fingerprint density at radius 3 is 2.77 bits per heavy atom. The minimum absolute atomic E-state index is 0.112. The van der Waals surface area contributed by atoms with Gasteiger partial charge in [0, 0.05) is 44.2 Å². The number of hydrogen-bond donors (Lipinski definition) is 0. The number of para-hydroxylation sites is 1. The minimum atomic E-state index is -0.287. The molecule has 1 saturated heterocycles. The highest BCUT2D eigenvalue weighted by molar-refractivity contribution is 5.93. The summed E-state index contributed by atoms with van der Waals surface area (Å²) in [5.74, 6) is 0.818. The lowest BCUT2D eigenvalue weighted by Gasteiger charge is -2.36. The van der Waals surface area contributed by atoms with Crippen LogP contribution in [0.5, 0.6) is 5.75 Å². The maximum atomic E-state index is 12.8. The van der Waals surface area contributed by atoms with Gasteiger partial charge in [-0.3, -0.25) is 9.69 Å². The Hall–Kier alpha value is -3.37. The van der Waals surface area contributed by atoms with E-state index in [1.165, 1.54) is 0 Å². The van der Waals surface area contributed by atoms with E-state index >= 15 is 0 Å². The van der Waals surface area contributed by atoms with Crippen LogP contribution in [0.15, 0.2) is 36.4 Å². The zero-order chi connectivity index (χ0) is 21.4. The molecular formula is C24H23N3O4. The molecule has 1 amide bonds. The van der Waals surface area contributed by atoms with Crippen LogP contribution in [0.25, 0.3) is 4.85 Å². The molecule has 1 fully saturated rings. The first kappa shape index (κ1) is 19.6. The average Bonchev–Trinajstić information content (AvgIpc) is 3.37. The smallest absolute Gasteiger partial charge is 0.338 e. The van der Waals surface area contributed by atoms with E-state index in [2.05, 4.69) is 15.8 Å². The van der Waals surface area contributed by atoms with Crippen LogP contribution in [0, 0.1) is 6.57 Å². The number of nitrogens with zero attached hydrogens (tertiary/aromatic N) is 3. The van der Waals surface area contributed by atoms with Gasteiger partial charge in [0.1, 0.15) is 12.4 Å². The first-order valence-electron chi connectivity index (χ1n) is 10.5. The minimum Gasteiger partial charge on any atom is -0.504 e. The Morgan fingerprint density at radius 2 is 1.97 bits per heavy atom. The summed E-state index contributed by atoms with van der Waals surface area (Å²) in [5, 5.41) is 0. The van der Waals surface area contributed by atoms with Crippen LogP contribution >= 0.6 is 0 Å². The number of carbonyl (C=O) groups excluding carboxylic acids is 2. The van der Waals surface area contributed by atoms with E-state index in [0.717, 1.165) is 42.1 Å². The van der Waals surface area contributed by atoms with Gasteiger partial charge in [-0.1, -0.05) is 30.3 Å². The molecule has 3 aliphatic heterocycles. The molecule has 0 saturated carbocycles. The fourth-order valence-corrected chi connectivity index (χ4v) is 4.61. The van der Waals surface area contributed by atoms with Gasteiger partial charge in [-0.05, 0) is 17.2 Å². The number of benzene rings is 2.